The molecule has 0 spiro atoms. The highest BCUT2D eigenvalue weighted by atomic mass is 35.5. The Bertz CT molecular complexity index is 630. The van der Waals surface area contributed by atoms with E-state index in [1.807, 2.05) is 26.0 Å². The van der Waals surface area contributed by atoms with Crippen LogP contribution in [0.4, 0.5) is 10.5 Å². The summed E-state index contributed by atoms with van der Waals surface area (Å²) in [6, 6.07) is 10.4. The van der Waals surface area contributed by atoms with Crippen LogP contribution in [0, 0.1) is 0 Å². The predicted molar refractivity (Wildman–Crippen MR) is 87.3 cm³/mol. The molecule has 6 heteroatoms. The average Bonchev–Trinajstić information content (AvgIpc) is 2.48. The van der Waals surface area contributed by atoms with Crippen molar-refractivity contribution in [1.82, 2.24) is 10.3 Å². The normalized spacial score (nSPS) is 10.4. The minimum absolute atomic E-state index is 0.0208. The number of pyridine rings is 1. The van der Waals surface area contributed by atoms with Crippen molar-refractivity contribution >= 4 is 23.3 Å². The standard InChI is InChI=1S/C16H18ClN3O2/c1-11(2)22-15-14(4-3-9-18-15)20-16(21)19-10-12-5-7-13(17)8-6-12/h3-9,11H,10H2,1-2H3,(H2,19,20,21). The Kier molecular flexibility index (Phi) is 5.61. The number of benzene rings is 1. The van der Waals surface area contributed by atoms with Gasteiger partial charge in [0, 0.05) is 17.8 Å². The molecule has 1 aromatic carbocycles. The van der Waals surface area contributed by atoms with Gasteiger partial charge in [0.05, 0.1) is 6.10 Å². The number of amides is 2. The number of halogens is 1. The number of rotatable bonds is 5. The third-order valence-electron chi connectivity index (χ3n) is 2.73. The first-order valence-electron chi connectivity index (χ1n) is 6.95. The number of urea groups is 1. The van der Waals surface area contributed by atoms with E-state index in [4.69, 9.17) is 16.3 Å². The summed E-state index contributed by atoms with van der Waals surface area (Å²) in [7, 11) is 0. The van der Waals surface area contributed by atoms with Crippen LogP contribution in [0.5, 0.6) is 5.88 Å². The molecule has 1 aromatic heterocycles. The summed E-state index contributed by atoms with van der Waals surface area (Å²) in [4.78, 5) is 16.1. The van der Waals surface area contributed by atoms with Gasteiger partial charge in [-0.3, -0.25) is 0 Å². The summed E-state index contributed by atoms with van der Waals surface area (Å²) in [6.07, 6.45) is 1.60. The van der Waals surface area contributed by atoms with Gasteiger partial charge in [0.1, 0.15) is 5.69 Å². The van der Waals surface area contributed by atoms with E-state index in [2.05, 4.69) is 15.6 Å². The van der Waals surface area contributed by atoms with E-state index in [9.17, 15) is 4.79 Å². The molecule has 116 valence electrons. The van der Waals surface area contributed by atoms with Crippen molar-refractivity contribution in [2.75, 3.05) is 5.32 Å². The Hall–Kier alpha value is -2.27. The topological polar surface area (TPSA) is 63.2 Å². The fourth-order valence-corrected chi connectivity index (χ4v) is 1.88. The number of hydrogen-bond acceptors (Lipinski definition) is 3. The zero-order valence-electron chi connectivity index (χ0n) is 12.5. The summed E-state index contributed by atoms with van der Waals surface area (Å²) in [5, 5.41) is 6.17. The second-order valence-electron chi connectivity index (χ2n) is 4.96. The smallest absolute Gasteiger partial charge is 0.319 e. The average molecular weight is 320 g/mol. The highest BCUT2D eigenvalue weighted by Gasteiger charge is 2.09. The maximum atomic E-state index is 12.0. The number of nitrogens with one attached hydrogen (secondary N) is 2. The van der Waals surface area contributed by atoms with E-state index < -0.39 is 0 Å². The minimum atomic E-state index is -0.323. The van der Waals surface area contributed by atoms with Gasteiger partial charge in [0.2, 0.25) is 5.88 Å². The van der Waals surface area contributed by atoms with Crippen LogP contribution in [0.3, 0.4) is 0 Å². The Labute approximate surface area is 134 Å². The van der Waals surface area contributed by atoms with Gasteiger partial charge in [-0.05, 0) is 43.7 Å². The number of aromatic nitrogens is 1. The van der Waals surface area contributed by atoms with Crippen LogP contribution in [0.15, 0.2) is 42.6 Å². The van der Waals surface area contributed by atoms with Gasteiger partial charge in [-0.25, -0.2) is 9.78 Å². The Morgan fingerprint density at radius 2 is 2.00 bits per heavy atom. The molecule has 0 saturated carbocycles. The van der Waals surface area contributed by atoms with Crippen molar-refractivity contribution in [1.29, 1.82) is 0 Å². The molecular formula is C16H18ClN3O2. The van der Waals surface area contributed by atoms with Crippen LogP contribution < -0.4 is 15.4 Å². The van der Waals surface area contributed by atoms with Crippen molar-refractivity contribution in [2.45, 2.75) is 26.5 Å². The Morgan fingerprint density at radius 1 is 1.27 bits per heavy atom. The fraction of sp³-hybridized carbons (Fsp3) is 0.250. The number of ether oxygens (including phenoxy) is 1. The van der Waals surface area contributed by atoms with E-state index in [0.717, 1.165) is 5.56 Å². The van der Waals surface area contributed by atoms with Crippen molar-refractivity contribution in [3.8, 4) is 5.88 Å². The van der Waals surface area contributed by atoms with Crippen LogP contribution in [0.1, 0.15) is 19.4 Å². The lowest BCUT2D eigenvalue weighted by atomic mass is 10.2. The second kappa shape index (κ2) is 7.66. The molecule has 0 fully saturated rings. The molecule has 0 saturated heterocycles. The Balaban J connectivity index is 1.93. The maximum absolute atomic E-state index is 12.0. The van der Waals surface area contributed by atoms with Crippen molar-refractivity contribution in [2.24, 2.45) is 0 Å². The van der Waals surface area contributed by atoms with Crippen molar-refractivity contribution < 1.29 is 9.53 Å². The van der Waals surface area contributed by atoms with E-state index in [-0.39, 0.29) is 12.1 Å². The molecule has 0 aliphatic rings. The summed E-state index contributed by atoms with van der Waals surface area (Å²) < 4.78 is 5.55. The quantitative estimate of drug-likeness (QED) is 0.880. The summed E-state index contributed by atoms with van der Waals surface area (Å²) in [5.41, 5.74) is 1.49. The number of anilines is 1. The third kappa shape index (κ3) is 4.93. The molecule has 2 N–H and O–H groups in total. The zero-order valence-corrected chi connectivity index (χ0v) is 13.2. The van der Waals surface area contributed by atoms with E-state index in [0.29, 0.717) is 23.1 Å². The van der Waals surface area contributed by atoms with Gasteiger partial charge in [-0.15, -0.1) is 0 Å². The summed E-state index contributed by atoms with van der Waals surface area (Å²) >= 11 is 5.82. The van der Waals surface area contributed by atoms with Crippen LogP contribution in [0.2, 0.25) is 5.02 Å². The molecule has 2 amide bonds. The predicted octanol–water partition coefficient (Wildman–Crippen LogP) is 3.84. The third-order valence-corrected chi connectivity index (χ3v) is 2.98. The monoisotopic (exact) mass is 319 g/mol. The van der Waals surface area contributed by atoms with Gasteiger partial charge >= 0.3 is 6.03 Å². The SMILES string of the molecule is CC(C)Oc1ncccc1NC(=O)NCc1ccc(Cl)cc1. The molecule has 0 aliphatic carbocycles. The van der Waals surface area contributed by atoms with Gasteiger partial charge in [-0.2, -0.15) is 0 Å². The van der Waals surface area contributed by atoms with Crippen LogP contribution in [0.25, 0.3) is 0 Å². The maximum Gasteiger partial charge on any atom is 0.319 e. The first-order chi connectivity index (χ1) is 10.5. The molecular weight excluding hydrogens is 302 g/mol. The van der Waals surface area contributed by atoms with Crippen LogP contribution in [-0.2, 0) is 6.54 Å². The molecule has 0 aliphatic heterocycles. The Morgan fingerprint density at radius 3 is 2.68 bits per heavy atom. The molecule has 2 aromatic rings. The number of carbonyl (C=O) groups excluding carboxylic acids is 1. The number of nitrogens with zero attached hydrogens (tertiary/aromatic N) is 1. The molecule has 2 rings (SSSR count). The van der Waals surface area contributed by atoms with Gasteiger partial charge < -0.3 is 15.4 Å². The highest BCUT2D eigenvalue weighted by Crippen LogP contribution is 2.21. The highest BCUT2D eigenvalue weighted by molar-refractivity contribution is 6.30. The molecule has 5 nitrogen and oxygen atoms in total. The summed E-state index contributed by atoms with van der Waals surface area (Å²) in [5.74, 6) is 0.402. The van der Waals surface area contributed by atoms with E-state index in [1.54, 1.807) is 30.5 Å². The van der Waals surface area contributed by atoms with Gasteiger partial charge in [-0.1, -0.05) is 23.7 Å². The van der Waals surface area contributed by atoms with Crippen molar-refractivity contribution in [3.63, 3.8) is 0 Å². The lowest BCUT2D eigenvalue weighted by Gasteiger charge is -2.14. The van der Waals surface area contributed by atoms with Crippen LogP contribution in [-0.4, -0.2) is 17.1 Å². The molecule has 1 heterocycles. The molecule has 0 radical (unpaired) electrons. The largest absolute Gasteiger partial charge is 0.473 e. The van der Waals surface area contributed by atoms with Crippen LogP contribution >= 0.6 is 11.6 Å². The lowest BCUT2D eigenvalue weighted by Crippen LogP contribution is -2.28. The minimum Gasteiger partial charge on any atom is -0.473 e. The molecule has 0 atom stereocenters. The van der Waals surface area contributed by atoms with Gasteiger partial charge in [0.15, 0.2) is 0 Å². The van der Waals surface area contributed by atoms with Crippen molar-refractivity contribution in [3.05, 3.63) is 53.2 Å². The second-order valence-corrected chi connectivity index (χ2v) is 5.39. The number of hydrogen-bond donors (Lipinski definition) is 2. The fourth-order valence-electron chi connectivity index (χ4n) is 1.75. The molecule has 0 bridgehead atoms. The first kappa shape index (κ1) is 16.1. The lowest BCUT2D eigenvalue weighted by molar-refractivity contribution is 0.233. The zero-order chi connectivity index (χ0) is 15.9. The molecule has 0 unspecified atom stereocenters. The van der Waals surface area contributed by atoms with E-state index >= 15 is 0 Å². The first-order valence-corrected chi connectivity index (χ1v) is 7.33. The summed E-state index contributed by atoms with van der Waals surface area (Å²) in [6.45, 7) is 4.21. The van der Waals surface area contributed by atoms with Gasteiger partial charge in [0.25, 0.3) is 0 Å². The molecule has 22 heavy (non-hydrogen) atoms. The number of carbonyl (C=O) groups is 1. The van der Waals surface area contributed by atoms with E-state index in [1.165, 1.54) is 0 Å².